The minimum atomic E-state index is 0.813. The maximum atomic E-state index is 5.42. The fourth-order valence-electron chi connectivity index (χ4n) is 2.52. The number of hydrogen-bond donors (Lipinski definition) is 1. The van der Waals surface area contributed by atoms with Crippen molar-refractivity contribution >= 4 is 11.4 Å². The Morgan fingerprint density at radius 3 is 2.67 bits per heavy atom. The van der Waals surface area contributed by atoms with Crippen molar-refractivity contribution in [3.63, 3.8) is 0 Å². The minimum Gasteiger partial charge on any atom is -0.381 e. The van der Waals surface area contributed by atoms with Crippen LogP contribution in [0.2, 0.25) is 0 Å². The highest BCUT2D eigenvalue weighted by molar-refractivity contribution is 5.62. The van der Waals surface area contributed by atoms with Crippen molar-refractivity contribution in [2.45, 2.75) is 13.5 Å². The molecule has 4 nitrogen and oxygen atoms in total. The Labute approximate surface area is 125 Å². The van der Waals surface area contributed by atoms with E-state index >= 15 is 0 Å². The highest BCUT2D eigenvalue weighted by atomic mass is 16.5. The van der Waals surface area contributed by atoms with Gasteiger partial charge in [-0.05, 0) is 42.3 Å². The van der Waals surface area contributed by atoms with Crippen LogP contribution in [0.4, 0.5) is 11.4 Å². The molecule has 1 saturated heterocycles. The summed E-state index contributed by atoms with van der Waals surface area (Å²) in [5.41, 5.74) is 4.96. The molecule has 1 aromatic carbocycles. The normalized spacial score (nSPS) is 15.0. The van der Waals surface area contributed by atoms with Gasteiger partial charge in [0.15, 0.2) is 0 Å². The number of nitrogens with zero attached hydrogens (tertiary/aromatic N) is 2. The number of ether oxygens (including phenoxy) is 1. The summed E-state index contributed by atoms with van der Waals surface area (Å²) in [6.45, 7) is 6.51. The van der Waals surface area contributed by atoms with Crippen LogP contribution in [0.15, 0.2) is 42.7 Å². The van der Waals surface area contributed by atoms with Crippen LogP contribution in [0.5, 0.6) is 0 Å². The maximum absolute atomic E-state index is 5.42. The molecule has 1 aromatic heterocycles. The smallest absolute Gasteiger partial charge is 0.0642 e. The van der Waals surface area contributed by atoms with Crippen LogP contribution in [0.25, 0.3) is 0 Å². The summed E-state index contributed by atoms with van der Waals surface area (Å²) in [4.78, 5) is 6.42. The number of pyridine rings is 1. The van der Waals surface area contributed by atoms with Gasteiger partial charge >= 0.3 is 0 Å². The summed E-state index contributed by atoms with van der Waals surface area (Å²) in [6, 6.07) is 10.7. The monoisotopic (exact) mass is 283 g/mol. The average molecular weight is 283 g/mol. The lowest BCUT2D eigenvalue weighted by molar-refractivity contribution is 0.122. The van der Waals surface area contributed by atoms with Gasteiger partial charge in [-0.3, -0.25) is 4.98 Å². The van der Waals surface area contributed by atoms with Gasteiger partial charge in [0.2, 0.25) is 0 Å². The molecule has 21 heavy (non-hydrogen) atoms. The summed E-state index contributed by atoms with van der Waals surface area (Å²) in [6.07, 6.45) is 3.65. The van der Waals surface area contributed by atoms with Crippen molar-refractivity contribution in [2.75, 3.05) is 36.5 Å². The molecule has 110 valence electrons. The van der Waals surface area contributed by atoms with E-state index < -0.39 is 0 Å². The highest BCUT2D eigenvalue weighted by Gasteiger charge is 2.12. The minimum absolute atomic E-state index is 0.813. The molecule has 0 radical (unpaired) electrons. The summed E-state index contributed by atoms with van der Waals surface area (Å²) in [5.74, 6) is 0. The Kier molecular flexibility index (Phi) is 4.36. The van der Waals surface area contributed by atoms with Gasteiger partial charge in [-0.2, -0.15) is 0 Å². The number of rotatable bonds is 4. The molecule has 1 aliphatic heterocycles. The van der Waals surface area contributed by atoms with Crippen LogP contribution in [-0.4, -0.2) is 31.3 Å². The number of nitrogens with one attached hydrogen (secondary N) is 1. The predicted octanol–water partition coefficient (Wildman–Crippen LogP) is 2.84. The quantitative estimate of drug-likeness (QED) is 0.936. The first kappa shape index (κ1) is 13.9. The van der Waals surface area contributed by atoms with Crippen LogP contribution in [0.1, 0.15) is 11.1 Å². The third-order valence-corrected chi connectivity index (χ3v) is 3.83. The van der Waals surface area contributed by atoms with Gasteiger partial charge in [0, 0.05) is 43.4 Å². The number of aromatic nitrogens is 1. The number of aryl methyl sites for hydroxylation is 1. The van der Waals surface area contributed by atoms with Gasteiger partial charge in [-0.25, -0.2) is 0 Å². The lowest BCUT2D eigenvalue weighted by Gasteiger charge is -2.29. The molecule has 3 rings (SSSR count). The number of anilines is 2. The Morgan fingerprint density at radius 2 is 1.90 bits per heavy atom. The molecule has 0 bridgehead atoms. The highest BCUT2D eigenvalue weighted by Crippen LogP contribution is 2.24. The molecular formula is C17H21N3O. The molecule has 1 N–H and O–H groups in total. The molecule has 0 amide bonds. The van der Waals surface area contributed by atoms with E-state index in [1.54, 1.807) is 0 Å². The van der Waals surface area contributed by atoms with Gasteiger partial charge in [-0.1, -0.05) is 6.07 Å². The van der Waals surface area contributed by atoms with E-state index in [-0.39, 0.29) is 0 Å². The lowest BCUT2D eigenvalue weighted by Crippen LogP contribution is -2.36. The molecule has 0 aliphatic carbocycles. The van der Waals surface area contributed by atoms with Crippen molar-refractivity contribution < 1.29 is 4.74 Å². The van der Waals surface area contributed by atoms with E-state index in [2.05, 4.69) is 40.3 Å². The zero-order valence-corrected chi connectivity index (χ0v) is 12.4. The van der Waals surface area contributed by atoms with Gasteiger partial charge in [0.05, 0.1) is 13.2 Å². The molecule has 4 heteroatoms. The first-order chi connectivity index (χ1) is 10.3. The zero-order valence-electron chi connectivity index (χ0n) is 12.4. The molecular weight excluding hydrogens is 262 g/mol. The van der Waals surface area contributed by atoms with Crippen LogP contribution < -0.4 is 10.2 Å². The van der Waals surface area contributed by atoms with Crippen molar-refractivity contribution in [1.29, 1.82) is 0 Å². The fourth-order valence-corrected chi connectivity index (χ4v) is 2.52. The predicted molar refractivity (Wildman–Crippen MR) is 85.8 cm³/mol. The summed E-state index contributed by atoms with van der Waals surface area (Å²) in [5, 5.41) is 3.52. The molecule has 1 fully saturated rings. The molecule has 2 aromatic rings. The zero-order chi connectivity index (χ0) is 14.5. The molecule has 0 spiro atoms. The van der Waals surface area contributed by atoms with E-state index in [0.29, 0.717) is 0 Å². The van der Waals surface area contributed by atoms with Crippen molar-refractivity contribution in [1.82, 2.24) is 4.98 Å². The lowest BCUT2D eigenvalue weighted by atomic mass is 10.1. The first-order valence-electron chi connectivity index (χ1n) is 7.39. The molecule has 0 atom stereocenters. The van der Waals surface area contributed by atoms with Gasteiger partial charge in [-0.15, -0.1) is 0 Å². The standard InChI is InChI=1S/C17H21N3O/c1-14-2-3-16(20-8-10-21-11-9-20)12-17(14)19-13-15-4-6-18-7-5-15/h2-7,12,19H,8-11,13H2,1H3. The van der Waals surface area contributed by atoms with Crippen LogP contribution >= 0.6 is 0 Å². The van der Waals surface area contributed by atoms with Crippen LogP contribution in [-0.2, 0) is 11.3 Å². The Balaban J connectivity index is 1.72. The number of benzene rings is 1. The summed E-state index contributed by atoms with van der Waals surface area (Å²) >= 11 is 0. The van der Waals surface area contributed by atoms with E-state index in [0.717, 1.165) is 32.8 Å². The fraction of sp³-hybridized carbons (Fsp3) is 0.353. The Bertz CT molecular complexity index is 580. The Morgan fingerprint density at radius 1 is 1.14 bits per heavy atom. The average Bonchev–Trinajstić information content (AvgIpc) is 2.56. The van der Waals surface area contributed by atoms with E-state index in [4.69, 9.17) is 4.74 Å². The van der Waals surface area contributed by atoms with E-state index in [1.807, 2.05) is 24.5 Å². The maximum Gasteiger partial charge on any atom is 0.0642 e. The topological polar surface area (TPSA) is 37.4 Å². The summed E-state index contributed by atoms with van der Waals surface area (Å²) < 4.78 is 5.42. The number of hydrogen-bond acceptors (Lipinski definition) is 4. The van der Waals surface area contributed by atoms with Crippen LogP contribution in [0.3, 0.4) is 0 Å². The van der Waals surface area contributed by atoms with Gasteiger partial charge < -0.3 is 15.0 Å². The summed E-state index contributed by atoms with van der Waals surface area (Å²) in [7, 11) is 0. The van der Waals surface area contributed by atoms with Crippen LogP contribution in [0, 0.1) is 6.92 Å². The van der Waals surface area contributed by atoms with E-state index in [9.17, 15) is 0 Å². The number of morpholine rings is 1. The second kappa shape index (κ2) is 6.59. The largest absolute Gasteiger partial charge is 0.381 e. The first-order valence-corrected chi connectivity index (χ1v) is 7.39. The van der Waals surface area contributed by atoms with E-state index in [1.165, 1.54) is 22.5 Å². The molecule has 0 unspecified atom stereocenters. The van der Waals surface area contributed by atoms with Crippen molar-refractivity contribution in [3.8, 4) is 0 Å². The Hall–Kier alpha value is -2.07. The van der Waals surface area contributed by atoms with Gasteiger partial charge in [0.1, 0.15) is 0 Å². The second-order valence-electron chi connectivity index (χ2n) is 5.31. The molecule has 0 saturated carbocycles. The van der Waals surface area contributed by atoms with Gasteiger partial charge in [0.25, 0.3) is 0 Å². The third-order valence-electron chi connectivity index (χ3n) is 3.83. The molecule has 1 aliphatic rings. The third kappa shape index (κ3) is 3.52. The van der Waals surface area contributed by atoms with Crippen molar-refractivity contribution in [2.24, 2.45) is 0 Å². The molecule has 2 heterocycles. The second-order valence-corrected chi connectivity index (χ2v) is 5.31. The van der Waals surface area contributed by atoms with Crippen molar-refractivity contribution in [3.05, 3.63) is 53.9 Å². The SMILES string of the molecule is Cc1ccc(N2CCOCC2)cc1NCc1ccncc1.